The fraction of sp³-hybridized carbons (Fsp3) is 0.571. The molecule has 1 rings (SSSR count). The molecule has 2 unspecified atom stereocenters. The first-order chi connectivity index (χ1) is 8.21. The van der Waals surface area contributed by atoms with E-state index in [1.807, 2.05) is 18.2 Å². The summed E-state index contributed by atoms with van der Waals surface area (Å²) < 4.78 is 10.6. The summed E-state index contributed by atoms with van der Waals surface area (Å²) in [7, 11) is 3.44. The fourth-order valence-corrected chi connectivity index (χ4v) is 2.18. The van der Waals surface area contributed by atoms with Crippen LogP contribution in [0, 0.1) is 5.92 Å². The molecule has 0 saturated carbocycles. The van der Waals surface area contributed by atoms with Crippen molar-refractivity contribution in [1.29, 1.82) is 0 Å². The summed E-state index contributed by atoms with van der Waals surface area (Å²) >= 11 is 6.02. The van der Waals surface area contributed by atoms with Crippen molar-refractivity contribution in [1.82, 2.24) is 0 Å². The molecule has 1 aromatic rings. The minimum atomic E-state index is 0.244. The fourth-order valence-electron chi connectivity index (χ4n) is 1.95. The molecular weight excluding hydrogens is 236 g/mol. The zero-order valence-electron chi connectivity index (χ0n) is 10.8. The topological polar surface area (TPSA) is 18.5 Å². The van der Waals surface area contributed by atoms with E-state index >= 15 is 0 Å². The van der Waals surface area contributed by atoms with E-state index in [0.29, 0.717) is 11.8 Å². The Morgan fingerprint density at radius 1 is 1.24 bits per heavy atom. The lowest BCUT2D eigenvalue weighted by Gasteiger charge is -2.19. The lowest BCUT2D eigenvalue weighted by molar-refractivity contribution is 0.0977. The second-order valence-electron chi connectivity index (χ2n) is 4.32. The maximum atomic E-state index is 6.02. The van der Waals surface area contributed by atoms with Crippen LogP contribution in [0.4, 0.5) is 0 Å². The Balaban J connectivity index is 2.66. The zero-order chi connectivity index (χ0) is 12.7. The first-order valence-electron chi connectivity index (χ1n) is 5.91. The Morgan fingerprint density at radius 3 is 2.53 bits per heavy atom. The number of benzene rings is 1. The molecule has 17 heavy (non-hydrogen) atoms. The van der Waals surface area contributed by atoms with Crippen LogP contribution >= 0.6 is 11.6 Å². The largest absolute Gasteiger partial charge is 0.496 e. The summed E-state index contributed by atoms with van der Waals surface area (Å²) in [4.78, 5) is 0. The Hall–Kier alpha value is -0.730. The van der Waals surface area contributed by atoms with Crippen molar-refractivity contribution in [2.75, 3.05) is 20.1 Å². The third kappa shape index (κ3) is 4.57. The van der Waals surface area contributed by atoms with Crippen molar-refractivity contribution >= 4 is 11.6 Å². The van der Waals surface area contributed by atoms with Crippen LogP contribution in [0.5, 0.6) is 5.75 Å². The van der Waals surface area contributed by atoms with Crippen molar-refractivity contribution in [2.45, 2.75) is 25.9 Å². The minimum Gasteiger partial charge on any atom is -0.496 e. The lowest BCUT2D eigenvalue weighted by atomic mass is 9.95. The number of rotatable bonds is 7. The summed E-state index contributed by atoms with van der Waals surface area (Å²) in [5.74, 6) is 2.00. The molecule has 0 spiro atoms. The molecule has 0 saturated heterocycles. The van der Waals surface area contributed by atoms with Gasteiger partial charge in [-0.3, -0.25) is 0 Å². The van der Waals surface area contributed by atoms with Crippen LogP contribution in [0.1, 0.15) is 18.9 Å². The number of methoxy groups -OCH3 is 2. The molecule has 0 aliphatic carbocycles. The second-order valence-corrected chi connectivity index (χ2v) is 4.63. The first-order valence-corrected chi connectivity index (χ1v) is 6.45. The Labute approximate surface area is 109 Å². The van der Waals surface area contributed by atoms with Crippen LogP contribution in [-0.4, -0.2) is 26.2 Å². The standard InChI is InChI=1S/C14H21ClO2/c1-11(16-2)8-12(10-15)9-13-6-4-5-7-14(13)17-3/h4-7,11-12H,8-10H2,1-3H3. The predicted octanol–water partition coefficient (Wildman–Crippen LogP) is 3.52. The predicted molar refractivity (Wildman–Crippen MR) is 72.0 cm³/mol. The Kier molecular flexibility index (Phi) is 6.38. The highest BCUT2D eigenvalue weighted by molar-refractivity contribution is 6.18. The number of para-hydroxylation sites is 1. The molecule has 0 amide bonds. The first kappa shape index (κ1) is 14.3. The van der Waals surface area contributed by atoms with E-state index in [9.17, 15) is 0 Å². The van der Waals surface area contributed by atoms with E-state index in [1.165, 1.54) is 5.56 Å². The molecule has 2 atom stereocenters. The van der Waals surface area contributed by atoms with E-state index in [4.69, 9.17) is 21.1 Å². The highest BCUT2D eigenvalue weighted by Crippen LogP contribution is 2.24. The van der Waals surface area contributed by atoms with E-state index in [2.05, 4.69) is 13.0 Å². The highest BCUT2D eigenvalue weighted by Gasteiger charge is 2.14. The average molecular weight is 257 g/mol. The highest BCUT2D eigenvalue weighted by atomic mass is 35.5. The summed E-state index contributed by atoms with van der Waals surface area (Å²) in [6, 6.07) is 8.09. The summed E-state index contributed by atoms with van der Waals surface area (Å²) in [5, 5.41) is 0. The molecule has 0 N–H and O–H groups in total. The van der Waals surface area contributed by atoms with Crippen molar-refractivity contribution < 1.29 is 9.47 Å². The van der Waals surface area contributed by atoms with Crippen LogP contribution in [0.25, 0.3) is 0 Å². The normalized spacial score (nSPS) is 14.4. The van der Waals surface area contributed by atoms with Crippen LogP contribution in [0.3, 0.4) is 0 Å². The van der Waals surface area contributed by atoms with Crippen molar-refractivity contribution in [3.05, 3.63) is 29.8 Å². The van der Waals surface area contributed by atoms with Crippen molar-refractivity contribution in [3.8, 4) is 5.75 Å². The number of ether oxygens (including phenoxy) is 2. The Bertz CT molecular complexity index is 328. The number of hydrogen-bond acceptors (Lipinski definition) is 2. The molecule has 1 aromatic carbocycles. The molecule has 0 heterocycles. The van der Waals surface area contributed by atoms with Crippen molar-refractivity contribution in [3.63, 3.8) is 0 Å². The van der Waals surface area contributed by atoms with E-state index < -0.39 is 0 Å². The van der Waals surface area contributed by atoms with Gasteiger partial charge in [0.2, 0.25) is 0 Å². The van der Waals surface area contributed by atoms with Gasteiger partial charge in [0.1, 0.15) is 5.75 Å². The van der Waals surface area contributed by atoms with Crippen LogP contribution in [-0.2, 0) is 11.2 Å². The van der Waals surface area contributed by atoms with Gasteiger partial charge in [0.15, 0.2) is 0 Å². The molecule has 2 nitrogen and oxygen atoms in total. The van der Waals surface area contributed by atoms with Gasteiger partial charge in [-0.2, -0.15) is 0 Å². The molecule has 3 heteroatoms. The molecule has 0 bridgehead atoms. The molecular formula is C14H21ClO2. The third-order valence-corrected chi connectivity index (χ3v) is 3.42. The molecule has 0 aliphatic rings. The molecule has 0 aliphatic heterocycles. The average Bonchev–Trinajstić information content (AvgIpc) is 2.38. The lowest BCUT2D eigenvalue weighted by Crippen LogP contribution is -2.16. The van der Waals surface area contributed by atoms with Crippen molar-refractivity contribution in [2.24, 2.45) is 5.92 Å². The SMILES string of the molecule is COc1ccccc1CC(CCl)CC(C)OC. The van der Waals surface area contributed by atoms with Crippen LogP contribution in [0.2, 0.25) is 0 Å². The van der Waals surface area contributed by atoms with Gasteiger partial charge in [-0.05, 0) is 37.3 Å². The quantitative estimate of drug-likeness (QED) is 0.695. The summed E-state index contributed by atoms with van der Waals surface area (Å²) in [5.41, 5.74) is 1.21. The molecule has 0 aromatic heterocycles. The molecule has 0 fully saturated rings. The number of hydrogen-bond donors (Lipinski definition) is 0. The van der Waals surface area contributed by atoms with E-state index in [1.54, 1.807) is 14.2 Å². The van der Waals surface area contributed by atoms with Gasteiger partial charge < -0.3 is 9.47 Å². The van der Waals surface area contributed by atoms with Gasteiger partial charge in [-0.25, -0.2) is 0 Å². The number of halogens is 1. The van der Waals surface area contributed by atoms with Crippen LogP contribution in [0.15, 0.2) is 24.3 Å². The maximum Gasteiger partial charge on any atom is 0.122 e. The zero-order valence-corrected chi connectivity index (χ0v) is 11.5. The van der Waals surface area contributed by atoms with Gasteiger partial charge >= 0.3 is 0 Å². The molecule has 96 valence electrons. The van der Waals surface area contributed by atoms with Gasteiger partial charge in [-0.15, -0.1) is 11.6 Å². The van der Waals surface area contributed by atoms with Gasteiger partial charge in [0.25, 0.3) is 0 Å². The third-order valence-electron chi connectivity index (χ3n) is 2.99. The smallest absolute Gasteiger partial charge is 0.122 e. The maximum absolute atomic E-state index is 6.02. The van der Waals surface area contributed by atoms with E-state index in [-0.39, 0.29) is 6.10 Å². The number of alkyl halides is 1. The van der Waals surface area contributed by atoms with Crippen LogP contribution < -0.4 is 4.74 Å². The van der Waals surface area contributed by atoms with E-state index in [0.717, 1.165) is 18.6 Å². The Morgan fingerprint density at radius 2 is 1.94 bits per heavy atom. The monoisotopic (exact) mass is 256 g/mol. The van der Waals surface area contributed by atoms with Gasteiger partial charge in [0.05, 0.1) is 13.2 Å². The summed E-state index contributed by atoms with van der Waals surface area (Å²) in [6.07, 6.45) is 2.15. The van der Waals surface area contributed by atoms with Gasteiger partial charge in [-0.1, -0.05) is 18.2 Å². The summed E-state index contributed by atoms with van der Waals surface area (Å²) in [6.45, 7) is 2.07. The van der Waals surface area contributed by atoms with Gasteiger partial charge in [0, 0.05) is 13.0 Å². The minimum absolute atomic E-state index is 0.244. The second kappa shape index (κ2) is 7.57. The molecule has 0 radical (unpaired) electrons.